The van der Waals surface area contributed by atoms with Crippen LogP contribution >= 0.6 is 0 Å². The molecule has 0 aromatic carbocycles. The predicted molar refractivity (Wildman–Crippen MR) is 67.2 cm³/mol. The molecule has 2 heterocycles. The van der Waals surface area contributed by atoms with Crippen molar-refractivity contribution in [1.82, 2.24) is 15.2 Å². The Morgan fingerprint density at radius 2 is 2.37 bits per heavy atom. The van der Waals surface area contributed by atoms with E-state index in [1.807, 2.05) is 0 Å². The maximum atomic E-state index is 13.2. The number of carbonyl (C=O) groups excluding carboxylic acids is 2. The largest absolute Gasteiger partial charge is 0.372 e. The number of hydrogen-bond donors (Lipinski definition) is 2. The fourth-order valence-electron chi connectivity index (χ4n) is 2.02. The summed E-state index contributed by atoms with van der Waals surface area (Å²) in [5, 5.41) is 5.41. The lowest BCUT2D eigenvalue weighted by Gasteiger charge is -2.33. The topological polar surface area (TPSA) is 74.3 Å². The minimum atomic E-state index is -0.587. The van der Waals surface area contributed by atoms with E-state index in [4.69, 9.17) is 0 Å². The molecular formula is C12H15FN4O2. The van der Waals surface area contributed by atoms with E-state index in [2.05, 4.69) is 15.6 Å². The van der Waals surface area contributed by atoms with Crippen LogP contribution < -0.4 is 10.6 Å². The van der Waals surface area contributed by atoms with E-state index in [0.717, 1.165) is 12.3 Å². The highest BCUT2D eigenvalue weighted by atomic mass is 19.1. The van der Waals surface area contributed by atoms with E-state index in [-0.39, 0.29) is 11.5 Å². The van der Waals surface area contributed by atoms with Gasteiger partial charge in [-0.1, -0.05) is 0 Å². The summed E-state index contributed by atoms with van der Waals surface area (Å²) in [6.45, 7) is 2.43. The molecule has 1 unspecified atom stereocenters. The fourth-order valence-corrected chi connectivity index (χ4v) is 2.02. The SMILES string of the molecule is CNc1ncc(F)cc1C(=O)N1CCNC(=O)C1C. The molecule has 1 aliphatic heterocycles. The molecule has 0 bridgehead atoms. The molecule has 1 atom stereocenters. The molecule has 102 valence electrons. The lowest BCUT2D eigenvalue weighted by molar-refractivity contribution is -0.127. The number of nitrogens with one attached hydrogen (secondary N) is 2. The van der Waals surface area contributed by atoms with Crippen LogP contribution in [0.5, 0.6) is 0 Å². The summed E-state index contributed by atoms with van der Waals surface area (Å²) in [5.74, 6) is -0.908. The van der Waals surface area contributed by atoms with Crippen LogP contribution in [0.4, 0.5) is 10.2 Å². The van der Waals surface area contributed by atoms with Crippen LogP contribution in [0.3, 0.4) is 0 Å². The van der Waals surface area contributed by atoms with Crippen molar-refractivity contribution in [2.24, 2.45) is 0 Å². The van der Waals surface area contributed by atoms with Crippen molar-refractivity contribution in [1.29, 1.82) is 0 Å². The molecule has 2 N–H and O–H groups in total. The van der Waals surface area contributed by atoms with E-state index < -0.39 is 17.8 Å². The number of anilines is 1. The van der Waals surface area contributed by atoms with Gasteiger partial charge in [0.05, 0.1) is 11.8 Å². The maximum Gasteiger partial charge on any atom is 0.258 e. The molecule has 1 saturated heterocycles. The molecule has 1 aromatic heterocycles. The molecule has 1 aromatic rings. The van der Waals surface area contributed by atoms with Gasteiger partial charge in [-0.25, -0.2) is 9.37 Å². The molecular weight excluding hydrogens is 251 g/mol. The fraction of sp³-hybridized carbons (Fsp3) is 0.417. The zero-order chi connectivity index (χ0) is 14.0. The van der Waals surface area contributed by atoms with Gasteiger partial charge in [0.25, 0.3) is 5.91 Å². The number of rotatable bonds is 2. The van der Waals surface area contributed by atoms with Crippen molar-refractivity contribution in [2.75, 3.05) is 25.5 Å². The van der Waals surface area contributed by atoms with Crippen LogP contribution in [0.15, 0.2) is 12.3 Å². The van der Waals surface area contributed by atoms with E-state index in [9.17, 15) is 14.0 Å². The number of piperazine rings is 1. The number of hydrogen-bond acceptors (Lipinski definition) is 4. The van der Waals surface area contributed by atoms with Gasteiger partial charge in [0.15, 0.2) is 0 Å². The van der Waals surface area contributed by atoms with E-state index >= 15 is 0 Å². The van der Waals surface area contributed by atoms with Gasteiger partial charge in [-0.05, 0) is 13.0 Å². The number of halogens is 1. The van der Waals surface area contributed by atoms with Gasteiger partial charge in [0, 0.05) is 20.1 Å². The lowest BCUT2D eigenvalue weighted by atomic mass is 10.1. The summed E-state index contributed by atoms with van der Waals surface area (Å²) in [6.07, 6.45) is 1.04. The Morgan fingerprint density at radius 1 is 1.63 bits per heavy atom. The molecule has 0 saturated carbocycles. The zero-order valence-corrected chi connectivity index (χ0v) is 10.7. The minimum absolute atomic E-state index is 0.129. The summed E-state index contributed by atoms with van der Waals surface area (Å²) in [7, 11) is 1.60. The van der Waals surface area contributed by atoms with Crippen molar-refractivity contribution in [3.8, 4) is 0 Å². The lowest BCUT2D eigenvalue weighted by Crippen LogP contribution is -2.55. The van der Waals surface area contributed by atoms with Crippen molar-refractivity contribution in [3.05, 3.63) is 23.6 Å². The molecule has 2 rings (SSSR count). The average Bonchev–Trinajstić information content (AvgIpc) is 2.41. The Labute approximate surface area is 110 Å². The van der Waals surface area contributed by atoms with Gasteiger partial charge in [0.2, 0.25) is 5.91 Å². The predicted octanol–water partition coefficient (Wildman–Crippen LogP) is 0.223. The second kappa shape index (κ2) is 5.21. The van der Waals surface area contributed by atoms with E-state index in [1.54, 1.807) is 14.0 Å². The first-order chi connectivity index (χ1) is 9.04. The van der Waals surface area contributed by atoms with Crippen LogP contribution in [-0.2, 0) is 4.79 Å². The summed E-state index contributed by atoms with van der Waals surface area (Å²) in [4.78, 5) is 29.2. The van der Waals surface area contributed by atoms with Crippen molar-refractivity contribution < 1.29 is 14.0 Å². The molecule has 6 nitrogen and oxygen atoms in total. The van der Waals surface area contributed by atoms with Gasteiger partial charge in [-0.2, -0.15) is 0 Å². The average molecular weight is 266 g/mol. The first kappa shape index (κ1) is 13.3. The van der Waals surface area contributed by atoms with Gasteiger partial charge in [-0.15, -0.1) is 0 Å². The Hall–Kier alpha value is -2.18. The normalized spacial score (nSPS) is 19.0. The quantitative estimate of drug-likeness (QED) is 0.803. The molecule has 0 spiro atoms. The highest BCUT2D eigenvalue weighted by Gasteiger charge is 2.31. The Bertz CT molecular complexity index is 520. The van der Waals surface area contributed by atoms with Gasteiger partial charge in [0.1, 0.15) is 17.7 Å². The van der Waals surface area contributed by atoms with Gasteiger partial charge in [-0.3, -0.25) is 9.59 Å². The van der Waals surface area contributed by atoms with Crippen LogP contribution in [-0.4, -0.2) is 47.9 Å². The molecule has 2 amide bonds. The summed E-state index contributed by atoms with van der Waals surface area (Å²) < 4.78 is 13.2. The number of carbonyl (C=O) groups is 2. The van der Waals surface area contributed by atoms with Gasteiger partial charge < -0.3 is 15.5 Å². The summed E-state index contributed by atoms with van der Waals surface area (Å²) in [6, 6.07) is 0.551. The Balaban J connectivity index is 2.33. The number of nitrogens with zero attached hydrogens (tertiary/aromatic N) is 2. The second-order valence-electron chi connectivity index (χ2n) is 4.27. The van der Waals surface area contributed by atoms with Crippen LogP contribution in [0.2, 0.25) is 0 Å². The van der Waals surface area contributed by atoms with Gasteiger partial charge >= 0.3 is 0 Å². The zero-order valence-electron chi connectivity index (χ0n) is 10.7. The highest BCUT2D eigenvalue weighted by molar-refractivity contribution is 6.01. The molecule has 0 aliphatic carbocycles. The standard InChI is InChI=1S/C12H15FN4O2/c1-7-11(18)15-3-4-17(7)12(19)9-5-8(13)6-16-10(9)14-2/h5-7H,3-4H2,1-2H3,(H,14,16)(H,15,18). The third kappa shape index (κ3) is 2.49. The maximum absolute atomic E-state index is 13.2. The number of amides is 2. The molecule has 1 fully saturated rings. The highest BCUT2D eigenvalue weighted by Crippen LogP contribution is 2.18. The first-order valence-corrected chi connectivity index (χ1v) is 5.96. The second-order valence-corrected chi connectivity index (χ2v) is 4.27. The Morgan fingerprint density at radius 3 is 3.05 bits per heavy atom. The van der Waals surface area contributed by atoms with Crippen LogP contribution in [0.1, 0.15) is 17.3 Å². The molecule has 1 aliphatic rings. The molecule has 19 heavy (non-hydrogen) atoms. The minimum Gasteiger partial charge on any atom is -0.372 e. The van der Waals surface area contributed by atoms with Crippen LogP contribution in [0.25, 0.3) is 0 Å². The Kier molecular flexibility index (Phi) is 3.64. The summed E-state index contributed by atoms with van der Waals surface area (Å²) in [5.41, 5.74) is 0.129. The monoisotopic (exact) mass is 266 g/mol. The van der Waals surface area contributed by atoms with Crippen molar-refractivity contribution in [3.63, 3.8) is 0 Å². The summed E-state index contributed by atoms with van der Waals surface area (Å²) >= 11 is 0. The first-order valence-electron chi connectivity index (χ1n) is 5.96. The van der Waals surface area contributed by atoms with Crippen LogP contribution in [0, 0.1) is 5.82 Å². The number of pyridine rings is 1. The van der Waals surface area contributed by atoms with E-state index in [1.165, 1.54) is 4.90 Å². The molecule has 7 heteroatoms. The van der Waals surface area contributed by atoms with E-state index in [0.29, 0.717) is 18.9 Å². The molecule has 0 radical (unpaired) electrons. The smallest absolute Gasteiger partial charge is 0.258 e. The van der Waals surface area contributed by atoms with Crippen molar-refractivity contribution in [2.45, 2.75) is 13.0 Å². The third-order valence-corrected chi connectivity index (χ3v) is 3.08. The third-order valence-electron chi connectivity index (χ3n) is 3.08. The van der Waals surface area contributed by atoms with Crippen molar-refractivity contribution >= 4 is 17.6 Å². The number of aromatic nitrogens is 1.